The van der Waals surface area contributed by atoms with Gasteiger partial charge in [0.15, 0.2) is 0 Å². The lowest BCUT2D eigenvalue weighted by Crippen LogP contribution is -2.29. The van der Waals surface area contributed by atoms with E-state index in [2.05, 4.69) is 223 Å². The Morgan fingerprint density at radius 1 is 0.344 bits per heavy atom. The average molecular weight is 814 g/mol. The van der Waals surface area contributed by atoms with Crippen molar-refractivity contribution in [1.29, 1.82) is 0 Å². The van der Waals surface area contributed by atoms with Crippen molar-refractivity contribution < 1.29 is 4.42 Å². The Hall–Kier alpha value is -8.20. The molecule has 10 aromatic carbocycles. The second-order valence-corrected chi connectivity index (χ2v) is 17.5. The van der Waals surface area contributed by atoms with Crippen molar-refractivity contribution in [2.24, 2.45) is 0 Å². The maximum Gasteiger partial charge on any atom is 0.135 e. The van der Waals surface area contributed by atoms with E-state index in [1.54, 1.807) is 0 Å². The Labute approximate surface area is 372 Å². The van der Waals surface area contributed by atoms with Crippen molar-refractivity contribution in [3.63, 3.8) is 0 Å². The summed E-state index contributed by atoms with van der Waals surface area (Å²) in [5, 5.41) is 2.21. The molecule has 0 radical (unpaired) electrons. The van der Waals surface area contributed by atoms with Crippen molar-refractivity contribution in [3.8, 4) is 55.6 Å². The van der Waals surface area contributed by atoms with Gasteiger partial charge in [-0.1, -0.05) is 182 Å². The molecular formula is C62H39NO. The number of anilines is 3. The van der Waals surface area contributed by atoms with Crippen LogP contribution in [0.2, 0.25) is 0 Å². The van der Waals surface area contributed by atoms with Gasteiger partial charge in [0.2, 0.25) is 0 Å². The highest BCUT2D eigenvalue weighted by Crippen LogP contribution is 2.64. The van der Waals surface area contributed by atoms with Gasteiger partial charge in [0.25, 0.3) is 0 Å². The summed E-state index contributed by atoms with van der Waals surface area (Å²) < 4.78 is 6.39. The van der Waals surface area contributed by atoms with Gasteiger partial charge >= 0.3 is 0 Å². The highest BCUT2D eigenvalue weighted by Gasteiger charge is 2.51. The Balaban J connectivity index is 1.09. The van der Waals surface area contributed by atoms with Crippen LogP contribution in [0.3, 0.4) is 0 Å². The number of nitrogens with zero attached hydrogens (tertiary/aromatic N) is 1. The van der Waals surface area contributed by atoms with Crippen molar-refractivity contribution in [1.82, 2.24) is 0 Å². The van der Waals surface area contributed by atoms with Crippen LogP contribution < -0.4 is 4.90 Å². The molecule has 0 bridgehead atoms. The molecule has 1 heterocycles. The normalized spacial score (nSPS) is 14.9. The van der Waals surface area contributed by atoms with Crippen molar-refractivity contribution in [2.75, 3.05) is 4.90 Å². The molecule has 0 saturated heterocycles. The SMILES string of the molecule is c1ccc(-c2ccccc2N(c2ccc3c(c2)-c2ccccc2-c2ccccc2C32c3ccccc3-c3c2ccc2c3-c3ccccc3C2)c2ccc3oc4ccccc4c3c2)cc1. The summed E-state index contributed by atoms with van der Waals surface area (Å²) in [6, 6.07) is 83.3. The minimum atomic E-state index is -0.594. The standard InChI is InChI=1S/C62H39NO/c1-2-16-39(17-3-1)44-19-10-14-28-57(44)63(43-32-35-59-52(38-43)49-24-11-15-29-58(49)64-59)42-31-34-55-51(37-42)47-22-7-6-21-46(47)48-23-8-12-26-53(48)62(55)54-27-13-9-25-50(54)61-56(62)33-30-41-36-40-18-4-5-20-45(40)60(41)61/h1-35,37-38H,36H2. The predicted molar refractivity (Wildman–Crippen MR) is 264 cm³/mol. The fourth-order valence-corrected chi connectivity index (χ4v) is 11.7. The van der Waals surface area contributed by atoms with Gasteiger partial charge in [0.05, 0.1) is 11.1 Å². The number of para-hydroxylation sites is 2. The zero-order chi connectivity index (χ0) is 41.9. The molecule has 0 fully saturated rings. The van der Waals surface area contributed by atoms with Crippen LogP contribution in [-0.4, -0.2) is 0 Å². The van der Waals surface area contributed by atoms with Crippen LogP contribution in [0, 0.1) is 0 Å². The predicted octanol–water partition coefficient (Wildman–Crippen LogP) is 16.3. The molecule has 1 atom stereocenters. The molecule has 1 aromatic heterocycles. The lowest BCUT2D eigenvalue weighted by Gasteiger charge is -2.36. The summed E-state index contributed by atoms with van der Waals surface area (Å²) in [4.78, 5) is 2.46. The van der Waals surface area contributed by atoms with Crippen LogP contribution in [0.25, 0.3) is 77.6 Å². The zero-order valence-corrected chi connectivity index (χ0v) is 34.9. The van der Waals surface area contributed by atoms with Gasteiger partial charge < -0.3 is 9.32 Å². The van der Waals surface area contributed by atoms with E-state index in [1.165, 1.54) is 83.5 Å². The van der Waals surface area contributed by atoms with Crippen LogP contribution in [-0.2, 0) is 11.8 Å². The highest BCUT2D eigenvalue weighted by molar-refractivity contribution is 6.08. The molecule has 14 rings (SSSR count). The van der Waals surface area contributed by atoms with Crippen LogP contribution in [0.4, 0.5) is 17.1 Å². The first-order valence-electron chi connectivity index (χ1n) is 22.3. The number of hydrogen-bond acceptors (Lipinski definition) is 2. The molecular weight excluding hydrogens is 775 g/mol. The highest BCUT2D eigenvalue weighted by atomic mass is 16.3. The molecule has 0 saturated carbocycles. The molecule has 11 aromatic rings. The summed E-state index contributed by atoms with van der Waals surface area (Å²) in [6.07, 6.45) is 0.955. The molecule has 64 heavy (non-hydrogen) atoms. The second kappa shape index (κ2) is 13.4. The van der Waals surface area contributed by atoms with Crippen molar-refractivity contribution in [3.05, 3.63) is 258 Å². The fourth-order valence-electron chi connectivity index (χ4n) is 11.7. The first-order valence-corrected chi connectivity index (χ1v) is 22.3. The summed E-state index contributed by atoms with van der Waals surface area (Å²) >= 11 is 0. The Kier molecular flexibility index (Phi) is 7.41. The zero-order valence-electron chi connectivity index (χ0n) is 34.9. The monoisotopic (exact) mass is 813 g/mol. The van der Waals surface area contributed by atoms with Crippen LogP contribution in [0.5, 0.6) is 0 Å². The van der Waals surface area contributed by atoms with E-state index >= 15 is 0 Å². The van der Waals surface area contributed by atoms with Crippen molar-refractivity contribution >= 4 is 39.0 Å². The molecule has 2 heteroatoms. The van der Waals surface area contributed by atoms with Gasteiger partial charge in [-0.2, -0.15) is 0 Å². The Bertz CT molecular complexity index is 3720. The van der Waals surface area contributed by atoms with E-state index in [0.29, 0.717) is 0 Å². The van der Waals surface area contributed by atoms with Gasteiger partial charge in [-0.15, -0.1) is 0 Å². The minimum absolute atomic E-state index is 0.594. The van der Waals surface area contributed by atoms with Crippen molar-refractivity contribution in [2.45, 2.75) is 11.8 Å². The summed E-state index contributed by atoms with van der Waals surface area (Å²) in [5.41, 5.74) is 25.3. The molecule has 0 amide bonds. The van der Waals surface area contributed by atoms with Gasteiger partial charge in [0.1, 0.15) is 11.2 Å². The number of rotatable bonds is 4. The molecule has 1 unspecified atom stereocenters. The smallest absolute Gasteiger partial charge is 0.135 e. The van der Waals surface area contributed by atoms with Crippen LogP contribution in [0.15, 0.2) is 229 Å². The van der Waals surface area contributed by atoms with E-state index in [0.717, 1.165) is 51.0 Å². The van der Waals surface area contributed by atoms with E-state index in [1.807, 2.05) is 6.07 Å². The number of benzene rings is 10. The second-order valence-electron chi connectivity index (χ2n) is 17.5. The van der Waals surface area contributed by atoms with Crippen LogP contribution >= 0.6 is 0 Å². The topological polar surface area (TPSA) is 16.4 Å². The van der Waals surface area contributed by atoms with E-state index < -0.39 is 5.41 Å². The van der Waals surface area contributed by atoms with Gasteiger partial charge in [0, 0.05) is 27.7 Å². The van der Waals surface area contributed by atoms with E-state index in [-0.39, 0.29) is 0 Å². The fraction of sp³-hybridized carbons (Fsp3) is 0.0323. The largest absolute Gasteiger partial charge is 0.456 e. The van der Waals surface area contributed by atoms with Gasteiger partial charge in [-0.3, -0.25) is 0 Å². The number of furan rings is 1. The maximum absolute atomic E-state index is 6.39. The molecule has 3 aliphatic carbocycles. The summed E-state index contributed by atoms with van der Waals surface area (Å²) in [5.74, 6) is 0. The minimum Gasteiger partial charge on any atom is -0.456 e. The van der Waals surface area contributed by atoms with Gasteiger partial charge in [-0.25, -0.2) is 0 Å². The maximum atomic E-state index is 6.39. The molecule has 3 aliphatic rings. The van der Waals surface area contributed by atoms with E-state index in [9.17, 15) is 0 Å². The lowest BCUT2D eigenvalue weighted by atomic mass is 9.65. The number of hydrogen-bond donors (Lipinski definition) is 0. The van der Waals surface area contributed by atoms with Gasteiger partial charge in [-0.05, 0) is 132 Å². The first kappa shape index (κ1) is 35.4. The quantitative estimate of drug-likeness (QED) is 0.176. The van der Waals surface area contributed by atoms with Crippen LogP contribution in [0.1, 0.15) is 33.4 Å². The summed E-state index contributed by atoms with van der Waals surface area (Å²) in [6.45, 7) is 0. The average Bonchev–Trinajstić information content (AvgIpc) is 4.00. The third kappa shape index (κ3) is 4.80. The summed E-state index contributed by atoms with van der Waals surface area (Å²) in [7, 11) is 0. The Morgan fingerprint density at radius 3 is 1.77 bits per heavy atom. The van der Waals surface area contributed by atoms with E-state index in [4.69, 9.17) is 4.42 Å². The molecule has 0 aliphatic heterocycles. The third-order valence-electron chi connectivity index (χ3n) is 14.3. The molecule has 2 nitrogen and oxygen atoms in total. The third-order valence-corrected chi connectivity index (χ3v) is 14.3. The number of fused-ring (bicyclic) bond motifs is 19. The Morgan fingerprint density at radius 2 is 0.922 bits per heavy atom. The molecule has 298 valence electrons. The molecule has 0 N–H and O–H groups in total. The first-order chi connectivity index (χ1) is 31.8. The molecule has 1 spiro atoms. The lowest BCUT2D eigenvalue weighted by molar-refractivity contribution is 0.669.